The molecular weight excluding hydrogens is 214 g/mol. The third-order valence-electron chi connectivity index (χ3n) is 2.73. The molecule has 1 atom stereocenters. The van der Waals surface area contributed by atoms with E-state index in [0.717, 1.165) is 5.56 Å². The Hall–Kier alpha value is -1.68. The smallest absolute Gasteiger partial charge is 0.257 e. The van der Waals surface area contributed by atoms with Crippen LogP contribution < -0.4 is 5.73 Å². The normalized spacial score (nSPS) is 12.7. The maximum Gasteiger partial charge on any atom is 0.257 e. The lowest BCUT2D eigenvalue weighted by molar-refractivity contribution is 0.420. The molecule has 0 amide bonds. The fraction of sp³-hybridized carbons (Fsp3) is 0.385. The Labute approximate surface area is 101 Å². The Bertz CT molecular complexity index is 517. The van der Waals surface area contributed by atoms with Crippen molar-refractivity contribution in [3.8, 4) is 11.5 Å². The molecule has 2 aromatic rings. The topological polar surface area (TPSA) is 64.9 Å². The van der Waals surface area contributed by atoms with Crippen molar-refractivity contribution in [2.45, 2.75) is 33.2 Å². The lowest BCUT2D eigenvalue weighted by Gasteiger charge is -2.00. The molecular formula is C13H17N3O. The van der Waals surface area contributed by atoms with E-state index >= 15 is 0 Å². The summed E-state index contributed by atoms with van der Waals surface area (Å²) >= 11 is 0. The fourth-order valence-electron chi connectivity index (χ4n) is 1.62. The maximum atomic E-state index is 5.69. The van der Waals surface area contributed by atoms with Crippen LogP contribution in [-0.2, 0) is 6.42 Å². The largest absolute Gasteiger partial charge is 0.334 e. The number of benzene rings is 1. The number of nitrogens with zero attached hydrogens (tertiary/aromatic N) is 2. The SMILES string of the molecule is Cc1ccc(-c2nc(CC(C)N)no2)cc1C. The van der Waals surface area contributed by atoms with E-state index in [1.165, 1.54) is 11.1 Å². The summed E-state index contributed by atoms with van der Waals surface area (Å²) < 4.78 is 5.23. The molecule has 4 heteroatoms. The first-order chi connectivity index (χ1) is 8.06. The zero-order valence-electron chi connectivity index (χ0n) is 10.4. The number of aryl methyl sites for hydroxylation is 2. The maximum absolute atomic E-state index is 5.69. The van der Waals surface area contributed by atoms with Gasteiger partial charge in [-0.05, 0) is 44.0 Å². The molecule has 17 heavy (non-hydrogen) atoms. The molecule has 1 aromatic heterocycles. The average molecular weight is 231 g/mol. The summed E-state index contributed by atoms with van der Waals surface area (Å²) in [4.78, 5) is 4.33. The molecule has 1 aromatic carbocycles. The highest BCUT2D eigenvalue weighted by molar-refractivity contribution is 5.55. The fourth-order valence-corrected chi connectivity index (χ4v) is 1.62. The molecule has 0 saturated heterocycles. The molecule has 1 unspecified atom stereocenters. The lowest BCUT2D eigenvalue weighted by Crippen LogP contribution is -2.18. The van der Waals surface area contributed by atoms with Crippen LogP contribution in [-0.4, -0.2) is 16.2 Å². The standard InChI is InChI=1S/C13H17N3O/c1-8-4-5-11(6-9(8)2)13-15-12(16-17-13)7-10(3)14/h4-6,10H,7,14H2,1-3H3. The van der Waals surface area contributed by atoms with Crippen LogP contribution in [0.3, 0.4) is 0 Å². The van der Waals surface area contributed by atoms with Gasteiger partial charge in [0.1, 0.15) is 0 Å². The van der Waals surface area contributed by atoms with Crippen molar-refractivity contribution in [2.75, 3.05) is 0 Å². The van der Waals surface area contributed by atoms with Crippen LogP contribution in [0.15, 0.2) is 22.7 Å². The van der Waals surface area contributed by atoms with E-state index in [9.17, 15) is 0 Å². The number of hydrogen-bond donors (Lipinski definition) is 1. The van der Waals surface area contributed by atoms with Crippen molar-refractivity contribution in [2.24, 2.45) is 5.73 Å². The van der Waals surface area contributed by atoms with E-state index in [2.05, 4.69) is 36.1 Å². The Morgan fingerprint density at radius 3 is 2.71 bits per heavy atom. The van der Waals surface area contributed by atoms with Crippen molar-refractivity contribution in [1.82, 2.24) is 10.1 Å². The minimum absolute atomic E-state index is 0.0419. The average Bonchev–Trinajstić information content (AvgIpc) is 2.69. The highest BCUT2D eigenvalue weighted by Gasteiger charge is 2.10. The van der Waals surface area contributed by atoms with E-state index in [4.69, 9.17) is 10.3 Å². The summed E-state index contributed by atoms with van der Waals surface area (Å²) in [5, 5.41) is 3.92. The van der Waals surface area contributed by atoms with Crippen LogP contribution in [0, 0.1) is 13.8 Å². The van der Waals surface area contributed by atoms with Crippen LogP contribution in [0.2, 0.25) is 0 Å². The van der Waals surface area contributed by atoms with Gasteiger partial charge in [-0.3, -0.25) is 0 Å². The van der Waals surface area contributed by atoms with E-state index < -0.39 is 0 Å². The first-order valence-electron chi connectivity index (χ1n) is 5.72. The predicted molar refractivity (Wildman–Crippen MR) is 66.6 cm³/mol. The number of rotatable bonds is 3. The quantitative estimate of drug-likeness (QED) is 0.879. The van der Waals surface area contributed by atoms with Gasteiger partial charge >= 0.3 is 0 Å². The first kappa shape index (κ1) is 11.8. The van der Waals surface area contributed by atoms with Crippen molar-refractivity contribution >= 4 is 0 Å². The molecule has 0 spiro atoms. The minimum Gasteiger partial charge on any atom is -0.334 e. The van der Waals surface area contributed by atoms with Gasteiger partial charge in [0.15, 0.2) is 5.82 Å². The van der Waals surface area contributed by atoms with Gasteiger partial charge in [-0.15, -0.1) is 0 Å². The van der Waals surface area contributed by atoms with Gasteiger partial charge < -0.3 is 10.3 Å². The monoisotopic (exact) mass is 231 g/mol. The van der Waals surface area contributed by atoms with Gasteiger partial charge in [-0.2, -0.15) is 4.98 Å². The van der Waals surface area contributed by atoms with Crippen LogP contribution in [0.1, 0.15) is 23.9 Å². The van der Waals surface area contributed by atoms with Crippen LogP contribution >= 0.6 is 0 Å². The van der Waals surface area contributed by atoms with E-state index in [1.54, 1.807) is 0 Å². The van der Waals surface area contributed by atoms with E-state index in [-0.39, 0.29) is 6.04 Å². The molecule has 2 rings (SSSR count). The van der Waals surface area contributed by atoms with Crippen molar-refractivity contribution in [3.63, 3.8) is 0 Å². The summed E-state index contributed by atoms with van der Waals surface area (Å²) in [5.74, 6) is 1.22. The minimum atomic E-state index is 0.0419. The number of hydrogen-bond acceptors (Lipinski definition) is 4. The summed E-state index contributed by atoms with van der Waals surface area (Å²) in [7, 11) is 0. The summed E-state index contributed by atoms with van der Waals surface area (Å²) in [5.41, 5.74) is 9.12. The summed E-state index contributed by atoms with van der Waals surface area (Å²) in [6.07, 6.45) is 0.633. The van der Waals surface area contributed by atoms with Crippen molar-refractivity contribution < 1.29 is 4.52 Å². The molecule has 0 aliphatic carbocycles. The molecule has 0 aliphatic heterocycles. The van der Waals surface area contributed by atoms with E-state index in [1.807, 2.05) is 13.0 Å². The van der Waals surface area contributed by atoms with Crippen molar-refractivity contribution in [3.05, 3.63) is 35.2 Å². The Morgan fingerprint density at radius 1 is 1.29 bits per heavy atom. The van der Waals surface area contributed by atoms with E-state index in [0.29, 0.717) is 18.1 Å². The molecule has 1 heterocycles. The van der Waals surface area contributed by atoms with Crippen LogP contribution in [0.5, 0.6) is 0 Å². The Kier molecular flexibility index (Phi) is 3.24. The van der Waals surface area contributed by atoms with Gasteiger partial charge in [0.25, 0.3) is 5.89 Å². The molecule has 4 nitrogen and oxygen atoms in total. The van der Waals surface area contributed by atoms with Crippen LogP contribution in [0.25, 0.3) is 11.5 Å². The highest BCUT2D eigenvalue weighted by atomic mass is 16.5. The third-order valence-corrected chi connectivity index (χ3v) is 2.73. The Morgan fingerprint density at radius 2 is 2.06 bits per heavy atom. The molecule has 0 fully saturated rings. The molecule has 90 valence electrons. The summed E-state index contributed by atoms with van der Waals surface area (Å²) in [6.45, 7) is 6.07. The predicted octanol–water partition coefficient (Wildman–Crippen LogP) is 2.24. The molecule has 0 saturated carbocycles. The molecule has 0 radical (unpaired) electrons. The van der Waals surface area contributed by atoms with Crippen LogP contribution in [0.4, 0.5) is 0 Å². The van der Waals surface area contributed by atoms with Gasteiger partial charge in [0.2, 0.25) is 0 Å². The van der Waals surface area contributed by atoms with Gasteiger partial charge in [-0.25, -0.2) is 0 Å². The van der Waals surface area contributed by atoms with Gasteiger partial charge in [0.05, 0.1) is 0 Å². The highest BCUT2D eigenvalue weighted by Crippen LogP contribution is 2.20. The van der Waals surface area contributed by atoms with Gasteiger partial charge in [-0.1, -0.05) is 11.2 Å². The second-order valence-corrected chi connectivity index (χ2v) is 4.50. The third kappa shape index (κ3) is 2.71. The number of aromatic nitrogens is 2. The molecule has 0 aliphatic rings. The van der Waals surface area contributed by atoms with Gasteiger partial charge in [0, 0.05) is 18.0 Å². The second-order valence-electron chi connectivity index (χ2n) is 4.50. The number of nitrogens with two attached hydrogens (primary N) is 1. The lowest BCUT2D eigenvalue weighted by atomic mass is 10.1. The zero-order chi connectivity index (χ0) is 12.4. The first-order valence-corrected chi connectivity index (χ1v) is 5.72. The second kappa shape index (κ2) is 4.67. The molecule has 0 bridgehead atoms. The Balaban J connectivity index is 2.27. The molecule has 2 N–H and O–H groups in total. The zero-order valence-corrected chi connectivity index (χ0v) is 10.4. The summed E-state index contributed by atoms with van der Waals surface area (Å²) in [6, 6.07) is 6.14. The van der Waals surface area contributed by atoms with Crippen molar-refractivity contribution in [1.29, 1.82) is 0 Å².